The second-order valence-electron chi connectivity index (χ2n) is 8.49. The first-order valence-corrected chi connectivity index (χ1v) is 10.6. The van der Waals surface area contributed by atoms with Crippen molar-refractivity contribution in [2.24, 2.45) is 5.92 Å². The molecule has 0 saturated carbocycles. The van der Waals surface area contributed by atoms with Gasteiger partial charge in [-0.1, -0.05) is 11.2 Å². The number of hydrogen-bond acceptors (Lipinski definition) is 5. The van der Waals surface area contributed by atoms with E-state index in [0.717, 1.165) is 31.4 Å². The van der Waals surface area contributed by atoms with E-state index in [9.17, 15) is 9.59 Å². The number of rotatable bonds is 3. The molecule has 2 aromatic rings. The topological polar surface area (TPSA) is 79.5 Å². The van der Waals surface area contributed by atoms with Crippen LogP contribution in [0.1, 0.15) is 54.4 Å². The molecule has 1 unspecified atom stereocenters. The third-order valence-electron chi connectivity index (χ3n) is 6.57. The van der Waals surface area contributed by atoms with Crippen molar-refractivity contribution in [1.29, 1.82) is 0 Å². The normalized spacial score (nSPS) is 22.4. The lowest BCUT2D eigenvalue weighted by Gasteiger charge is -2.32. The van der Waals surface area contributed by atoms with Crippen molar-refractivity contribution in [3.8, 4) is 0 Å². The van der Waals surface area contributed by atoms with Gasteiger partial charge in [-0.2, -0.15) is 4.98 Å². The molecule has 1 atom stereocenters. The third-order valence-corrected chi connectivity index (χ3v) is 6.57. The Morgan fingerprint density at radius 2 is 1.97 bits per heavy atom. The molecule has 2 amide bonds. The highest BCUT2D eigenvalue weighted by atomic mass is 16.5. The standard InChI is InChI=1S/C22H26N4O3/c1-14-23-21(29-24-14)16-7-9-25(10-8-16)22(28)18-12-20(27)26(13-18)19-6-5-15-3-2-4-17(15)11-19/h5-6,11,16,18H,2-4,7-10,12-13H2,1H3. The van der Waals surface area contributed by atoms with Gasteiger partial charge < -0.3 is 14.3 Å². The molecule has 1 aromatic heterocycles. The van der Waals surface area contributed by atoms with Gasteiger partial charge in [-0.15, -0.1) is 0 Å². The van der Waals surface area contributed by atoms with E-state index in [1.54, 1.807) is 4.90 Å². The number of hydrogen-bond donors (Lipinski definition) is 0. The lowest BCUT2D eigenvalue weighted by molar-refractivity contribution is -0.136. The van der Waals surface area contributed by atoms with Crippen LogP contribution in [0.15, 0.2) is 22.7 Å². The van der Waals surface area contributed by atoms with Gasteiger partial charge in [0.25, 0.3) is 0 Å². The summed E-state index contributed by atoms with van der Waals surface area (Å²) in [7, 11) is 0. The van der Waals surface area contributed by atoms with Crippen LogP contribution in [0.2, 0.25) is 0 Å². The van der Waals surface area contributed by atoms with E-state index in [4.69, 9.17) is 4.52 Å². The van der Waals surface area contributed by atoms with Crippen LogP contribution >= 0.6 is 0 Å². The predicted octanol–water partition coefficient (Wildman–Crippen LogP) is 2.63. The van der Waals surface area contributed by atoms with Gasteiger partial charge in [0.05, 0.1) is 5.92 Å². The van der Waals surface area contributed by atoms with Crippen LogP contribution in [-0.2, 0) is 22.4 Å². The summed E-state index contributed by atoms with van der Waals surface area (Å²) in [5.41, 5.74) is 3.69. The molecule has 2 aliphatic heterocycles. The van der Waals surface area contributed by atoms with Crippen molar-refractivity contribution in [3.05, 3.63) is 41.0 Å². The first-order chi connectivity index (χ1) is 14.1. The molecule has 2 fully saturated rings. The van der Waals surface area contributed by atoms with Crippen LogP contribution in [0.3, 0.4) is 0 Å². The Bertz CT molecular complexity index is 945. The Labute approximate surface area is 170 Å². The van der Waals surface area contributed by atoms with Gasteiger partial charge in [0.1, 0.15) is 0 Å². The monoisotopic (exact) mass is 394 g/mol. The van der Waals surface area contributed by atoms with E-state index in [1.165, 1.54) is 17.5 Å². The van der Waals surface area contributed by atoms with Crippen LogP contribution in [0, 0.1) is 12.8 Å². The molecule has 29 heavy (non-hydrogen) atoms. The molecule has 152 valence electrons. The minimum Gasteiger partial charge on any atom is -0.342 e. The lowest BCUT2D eigenvalue weighted by atomic mass is 9.95. The van der Waals surface area contributed by atoms with E-state index < -0.39 is 0 Å². The molecular weight excluding hydrogens is 368 g/mol. The van der Waals surface area contributed by atoms with Gasteiger partial charge in [0.15, 0.2) is 5.82 Å². The maximum atomic E-state index is 13.1. The Morgan fingerprint density at radius 1 is 1.17 bits per heavy atom. The van der Waals surface area contributed by atoms with Crippen LogP contribution in [-0.4, -0.2) is 46.5 Å². The highest BCUT2D eigenvalue weighted by Gasteiger charge is 2.38. The molecule has 3 heterocycles. The van der Waals surface area contributed by atoms with Crippen molar-refractivity contribution >= 4 is 17.5 Å². The minimum atomic E-state index is -0.252. The smallest absolute Gasteiger partial charge is 0.229 e. The summed E-state index contributed by atoms with van der Waals surface area (Å²) in [4.78, 5) is 33.7. The van der Waals surface area contributed by atoms with Gasteiger partial charge >= 0.3 is 0 Å². The number of carbonyl (C=O) groups is 2. The van der Waals surface area contributed by atoms with Crippen molar-refractivity contribution in [1.82, 2.24) is 15.0 Å². The minimum absolute atomic E-state index is 0.0533. The maximum Gasteiger partial charge on any atom is 0.229 e. The number of amides is 2. The number of likely N-dealkylation sites (tertiary alicyclic amines) is 1. The Kier molecular flexibility index (Phi) is 4.60. The summed E-state index contributed by atoms with van der Waals surface area (Å²) in [5.74, 6) is 1.44. The van der Waals surface area contributed by atoms with E-state index in [-0.39, 0.29) is 23.7 Å². The fourth-order valence-corrected chi connectivity index (χ4v) is 4.93. The summed E-state index contributed by atoms with van der Waals surface area (Å²) in [6, 6.07) is 6.32. The van der Waals surface area contributed by atoms with Crippen LogP contribution in [0.4, 0.5) is 5.69 Å². The highest BCUT2D eigenvalue weighted by molar-refractivity contribution is 6.00. The average Bonchev–Trinajstić information content (AvgIpc) is 3.46. The lowest BCUT2D eigenvalue weighted by Crippen LogP contribution is -2.42. The quantitative estimate of drug-likeness (QED) is 0.800. The van der Waals surface area contributed by atoms with Gasteiger partial charge in [-0.05, 0) is 62.3 Å². The second-order valence-corrected chi connectivity index (χ2v) is 8.49. The van der Waals surface area contributed by atoms with Gasteiger partial charge in [-0.25, -0.2) is 0 Å². The fraction of sp³-hybridized carbons (Fsp3) is 0.545. The number of aryl methyl sites for hydroxylation is 3. The summed E-state index contributed by atoms with van der Waals surface area (Å²) in [6.45, 7) is 3.65. The second kappa shape index (κ2) is 7.28. The summed E-state index contributed by atoms with van der Waals surface area (Å²) < 4.78 is 5.29. The van der Waals surface area contributed by atoms with Crippen molar-refractivity contribution in [2.75, 3.05) is 24.5 Å². The predicted molar refractivity (Wildman–Crippen MR) is 107 cm³/mol. The van der Waals surface area contributed by atoms with Crippen molar-refractivity contribution in [2.45, 2.75) is 51.4 Å². The number of anilines is 1. The molecular formula is C22H26N4O3. The largest absolute Gasteiger partial charge is 0.342 e. The number of carbonyl (C=O) groups excluding carboxylic acids is 2. The number of aromatic nitrogens is 2. The molecule has 7 nitrogen and oxygen atoms in total. The van der Waals surface area contributed by atoms with Gasteiger partial charge in [-0.3, -0.25) is 9.59 Å². The molecule has 0 N–H and O–H groups in total. The Balaban J connectivity index is 1.22. The van der Waals surface area contributed by atoms with Gasteiger partial charge in [0, 0.05) is 37.7 Å². The third kappa shape index (κ3) is 3.43. The highest BCUT2D eigenvalue weighted by Crippen LogP contribution is 2.32. The number of piperidine rings is 1. The van der Waals surface area contributed by atoms with E-state index in [1.807, 2.05) is 17.9 Å². The number of benzene rings is 1. The zero-order chi connectivity index (χ0) is 20.0. The number of nitrogens with zero attached hydrogens (tertiary/aromatic N) is 4. The first kappa shape index (κ1) is 18.3. The van der Waals surface area contributed by atoms with Crippen molar-refractivity contribution < 1.29 is 14.1 Å². The average molecular weight is 394 g/mol. The van der Waals surface area contributed by atoms with E-state index in [0.29, 0.717) is 37.8 Å². The van der Waals surface area contributed by atoms with Crippen LogP contribution in [0.25, 0.3) is 0 Å². The van der Waals surface area contributed by atoms with E-state index >= 15 is 0 Å². The molecule has 5 rings (SSSR count). The zero-order valence-corrected chi connectivity index (χ0v) is 16.8. The van der Waals surface area contributed by atoms with Crippen LogP contribution < -0.4 is 4.90 Å². The molecule has 0 spiro atoms. The van der Waals surface area contributed by atoms with Gasteiger partial charge in [0.2, 0.25) is 17.7 Å². The molecule has 1 aromatic carbocycles. The van der Waals surface area contributed by atoms with E-state index in [2.05, 4.69) is 22.3 Å². The fourth-order valence-electron chi connectivity index (χ4n) is 4.93. The number of fused-ring (bicyclic) bond motifs is 1. The molecule has 1 aliphatic carbocycles. The molecule has 3 aliphatic rings. The Hall–Kier alpha value is -2.70. The van der Waals surface area contributed by atoms with Crippen LogP contribution in [0.5, 0.6) is 0 Å². The SMILES string of the molecule is Cc1noc(C2CCN(C(=O)C3CC(=O)N(c4ccc5c(c4)CCC5)C3)CC2)n1. The van der Waals surface area contributed by atoms with Crippen molar-refractivity contribution in [3.63, 3.8) is 0 Å². The maximum absolute atomic E-state index is 13.1. The summed E-state index contributed by atoms with van der Waals surface area (Å²) in [5, 5.41) is 3.87. The molecule has 2 saturated heterocycles. The Morgan fingerprint density at radius 3 is 2.72 bits per heavy atom. The summed E-state index contributed by atoms with van der Waals surface area (Å²) in [6.07, 6.45) is 5.35. The molecule has 7 heteroatoms. The zero-order valence-electron chi connectivity index (χ0n) is 16.8. The summed E-state index contributed by atoms with van der Waals surface area (Å²) >= 11 is 0. The molecule has 0 radical (unpaired) electrons. The molecule has 0 bridgehead atoms. The first-order valence-electron chi connectivity index (χ1n) is 10.6.